The van der Waals surface area contributed by atoms with Gasteiger partial charge in [0, 0.05) is 6.54 Å². The van der Waals surface area contributed by atoms with Crippen molar-refractivity contribution >= 4 is 23.3 Å². The number of nitrogens with one attached hydrogen (secondary N) is 1. The second-order valence-corrected chi connectivity index (χ2v) is 3.81. The molecule has 0 spiro atoms. The molecule has 1 unspecified atom stereocenters. The zero-order chi connectivity index (χ0) is 12.1. The highest BCUT2D eigenvalue weighted by atomic mass is 35.5. The molecule has 0 heterocycles. The van der Waals surface area contributed by atoms with Crippen molar-refractivity contribution < 1.29 is 13.9 Å². The highest BCUT2D eigenvalue weighted by Gasteiger charge is 2.13. The van der Waals surface area contributed by atoms with Crippen LogP contribution in [0, 0.1) is 11.7 Å². The molecule has 1 aromatic carbocycles. The lowest BCUT2D eigenvalue weighted by atomic mass is 10.2. The van der Waals surface area contributed by atoms with Gasteiger partial charge in [-0.3, -0.25) is 4.79 Å². The Morgan fingerprint density at radius 3 is 2.94 bits per heavy atom. The Balaban J connectivity index is 2.61. The molecule has 5 heteroatoms. The predicted octanol–water partition coefficient (Wildman–Crippen LogP) is 2.70. The van der Waals surface area contributed by atoms with Crippen LogP contribution in [0.2, 0.25) is 5.02 Å². The lowest BCUT2D eigenvalue weighted by Gasteiger charge is -2.12. The van der Waals surface area contributed by atoms with Gasteiger partial charge in [-0.25, -0.2) is 4.39 Å². The molecule has 1 atom stereocenters. The Morgan fingerprint density at radius 1 is 1.62 bits per heavy atom. The van der Waals surface area contributed by atoms with E-state index >= 15 is 0 Å². The monoisotopic (exact) mass is 245 g/mol. The summed E-state index contributed by atoms with van der Waals surface area (Å²) in [5.41, 5.74) is 0.281. The SMILES string of the molecule is COC(=O)C(C)CNc1cccc(Cl)c1F. The van der Waals surface area contributed by atoms with Crippen molar-refractivity contribution in [3.63, 3.8) is 0 Å². The van der Waals surface area contributed by atoms with Crippen LogP contribution < -0.4 is 5.32 Å². The quantitative estimate of drug-likeness (QED) is 0.829. The second-order valence-electron chi connectivity index (χ2n) is 3.41. The van der Waals surface area contributed by atoms with Gasteiger partial charge in [-0.2, -0.15) is 0 Å². The van der Waals surface area contributed by atoms with Gasteiger partial charge in [0.25, 0.3) is 0 Å². The molecule has 0 aliphatic carbocycles. The third-order valence-electron chi connectivity index (χ3n) is 2.15. The Bertz CT molecular complexity index is 384. The lowest BCUT2D eigenvalue weighted by molar-refractivity contribution is -0.144. The first-order valence-corrected chi connectivity index (χ1v) is 5.19. The topological polar surface area (TPSA) is 38.3 Å². The molecule has 0 aromatic heterocycles. The standard InChI is InChI=1S/C11H13ClFNO2/c1-7(11(15)16-2)6-14-9-5-3-4-8(12)10(9)13/h3-5,7,14H,6H2,1-2H3. The van der Waals surface area contributed by atoms with E-state index in [1.165, 1.54) is 13.2 Å². The summed E-state index contributed by atoms with van der Waals surface area (Å²) in [4.78, 5) is 11.1. The number of carbonyl (C=O) groups is 1. The van der Waals surface area contributed by atoms with E-state index in [0.29, 0.717) is 6.54 Å². The number of carbonyl (C=O) groups excluding carboxylic acids is 1. The maximum absolute atomic E-state index is 13.4. The summed E-state index contributed by atoms with van der Waals surface area (Å²) in [7, 11) is 1.32. The van der Waals surface area contributed by atoms with Crippen molar-refractivity contribution in [3.8, 4) is 0 Å². The number of methoxy groups -OCH3 is 1. The van der Waals surface area contributed by atoms with E-state index in [0.717, 1.165) is 0 Å². The maximum atomic E-state index is 13.4. The minimum atomic E-state index is -0.513. The van der Waals surface area contributed by atoms with Crippen molar-refractivity contribution in [2.45, 2.75) is 6.92 Å². The number of esters is 1. The number of rotatable bonds is 4. The molecule has 0 radical (unpaired) electrons. The van der Waals surface area contributed by atoms with Gasteiger partial charge in [0.1, 0.15) is 0 Å². The largest absolute Gasteiger partial charge is 0.469 e. The molecule has 1 N–H and O–H groups in total. The molecule has 0 aliphatic rings. The molecular weight excluding hydrogens is 233 g/mol. The van der Waals surface area contributed by atoms with Crippen LogP contribution in [0.25, 0.3) is 0 Å². The summed E-state index contributed by atoms with van der Waals surface area (Å²) in [6.07, 6.45) is 0. The predicted molar refractivity (Wildman–Crippen MR) is 61.1 cm³/mol. The van der Waals surface area contributed by atoms with Crippen molar-refractivity contribution in [3.05, 3.63) is 29.0 Å². The number of anilines is 1. The zero-order valence-electron chi connectivity index (χ0n) is 9.09. The smallest absolute Gasteiger partial charge is 0.310 e. The molecule has 0 saturated heterocycles. The highest BCUT2D eigenvalue weighted by Crippen LogP contribution is 2.22. The number of hydrogen-bond donors (Lipinski definition) is 1. The van der Waals surface area contributed by atoms with Gasteiger partial charge in [0.15, 0.2) is 5.82 Å². The fourth-order valence-electron chi connectivity index (χ4n) is 1.19. The Hall–Kier alpha value is -1.29. The lowest BCUT2D eigenvalue weighted by Crippen LogP contribution is -2.21. The molecular formula is C11H13ClFNO2. The highest BCUT2D eigenvalue weighted by molar-refractivity contribution is 6.31. The third-order valence-corrected chi connectivity index (χ3v) is 2.45. The van der Waals surface area contributed by atoms with Crippen LogP contribution in [0.4, 0.5) is 10.1 Å². The Kier molecular flexibility index (Phi) is 4.55. The molecule has 16 heavy (non-hydrogen) atoms. The van der Waals surface area contributed by atoms with Crippen LogP contribution in [-0.2, 0) is 9.53 Å². The zero-order valence-corrected chi connectivity index (χ0v) is 9.84. The molecule has 1 aromatic rings. The van der Waals surface area contributed by atoms with E-state index in [2.05, 4.69) is 10.1 Å². The van der Waals surface area contributed by atoms with Gasteiger partial charge < -0.3 is 10.1 Å². The van der Waals surface area contributed by atoms with Crippen LogP contribution in [0.15, 0.2) is 18.2 Å². The van der Waals surface area contributed by atoms with E-state index in [4.69, 9.17) is 11.6 Å². The molecule has 88 valence electrons. The summed E-state index contributed by atoms with van der Waals surface area (Å²) in [6, 6.07) is 4.66. The van der Waals surface area contributed by atoms with Gasteiger partial charge >= 0.3 is 5.97 Å². The molecule has 0 bridgehead atoms. The van der Waals surface area contributed by atoms with Crippen LogP contribution in [0.1, 0.15) is 6.92 Å². The number of benzene rings is 1. The van der Waals surface area contributed by atoms with E-state index < -0.39 is 5.82 Å². The molecule has 0 saturated carbocycles. The molecule has 1 rings (SSSR count). The van der Waals surface area contributed by atoms with E-state index in [1.54, 1.807) is 19.1 Å². The number of hydrogen-bond acceptors (Lipinski definition) is 3. The maximum Gasteiger partial charge on any atom is 0.310 e. The minimum absolute atomic E-state index is 0.0516. The first kappa shape index (κ1) is 12.8. The normalized spacial score (nSPS) is 12.0. The van der Waals surface area contributed by atoms with Crippen LogP contribution in [-0.4, -0.2) is 19.6 Å². The summed E-state index contributed by atoms with van der Waals surface area (Å²) in [5.74, 6) is -1.19. The molecule has 0 amide bonds. The Labute approximate surface area is 98.5 Å². The molecule has 3 nitrogen and oxygen atoms in total. The van der Waals surface area contributed by atoms with Gasteiger partial charge in [-0.1, -0.05) is 24.6 Å². The van der Waals surface area contributed by atoms with Gasteiger partial charge in [-0.15, -0.1) is 0 Å². The van der Waals surface area contributed by atoms with Gasteiger partial charge in [0.2, 0.25) is 0 Å². The van der Waals surface area contributed by atoms with Crippen molar-refractivity contribution in [1.29, 1.82) is 0 Å². The first-order chi connectivity index (χ1) is 7.56. The molecule has 0 fully saturated rings. The van der Waals surface area contributed by atoms with Gasteiger partial charge in [-0.05, 0) is 12.1 Å². The summed E-state index contributed by atoms with van der Waals surface area (Å²) >= 11 is 5.61. The van der Waals surface area contributed by atoms with Crippen LogP contribution >= 0.6 is 11.6 Å². The van der Waals surface area contributed by atoms with E-state index in [9.17, 15) is 9.18 Å². The summed E-state index contributed by atoms with van der Waals surface area (Å²) < 4.78 is 18.0. The van der Waals surface area contributed by atoms with Gasteiger partial charge in [0.05, 0.1) is 23.7 Å². The second kappa shape index (κ2) is 5.70. The van der Waals surface area contributed by atoms with Crippen molar-refractivity contribution in [2.75, 3.05) is 19.0 Å². The fraction of sp³-hybridized carbons (Fsp3) is 0.364. The third kappa shape index (κ3) is 3.10. The summed E-state index contributed by atoms with van der Waals surface area (Å²) in [5, 5.41) is 2.86. The fourth-order valence-corrected chi connectivity index (χ4v) is 1.36. The number of ether oxygens (including phenoxy) is 1. The average molecular weight is 246 g/mol. The van der Waals surface area contributed by atoms with E-state index in [-0.39, 0.29) is 22.6 Å². The molecule has 0 aliphatic heterocycles. The average Bonchev–Trinajstić information content (AvgIpc) is 2.29. The van der Waals surface area contributed by atoms with Crippen LogP contribution in [0.5, 0.6) is 0 Å². The first-order valence-electron chi connectivity index (χ1n) is 4.82. The Morgan fingerprint density at radius 2 is 2.31 bits per heavy atom. The number of halogens is 2. The van der Waals surface area contributed by atoms with Crippen LogP contribution in [0.3, 0.4) is 0 Å². The minimum Gasteiger partial charge on any atom is -0.469 e. The van der Waals surface area contributed by atoms with Crippen molar-refractivity contribution in [1.82, 2.24) is 0 Å². The summed E-state index contributed by atoms with van der Waals surface area (Å²) in [6.45, 7) is 1.99. The van der Waals surface area contributed by atoms with E-state index in [1.807, 2.05) is 0 Å². The van der Waals surface area contributed by atoms with Crippen molar-refractivity contribution in [2.24, 2.45) is 5.92 Å².